The van der Waals surface area contributed by atoms with Crippen LogP contribution in [-0.4, -0.2) is 66.6 Å². The maximum Gasteiger partial charge on any atom is 0.407 e. The van der Waals surface area contributed by atoms with E-state index in [1.807, 2.05) is 20.8 Å². The highest BCUT2D eigenvalue weighted by molar-refractivity contribution is 5.68. The number of carboxylic acids is 1. The third kappa shape index (κ3) is 8.84. The summed E-state index contributed by atoms with van der Waals surface area (Å²) in [5.74, 6) is -0.921. The Morgan fingerprint density at radius 1 is 1.27 bits per heavy atom. The SMILES string of the molecule is CC(C)(C)OC(=O)NCCCN1CCC(OCC(=O)O)CC1. The van der Waals surface area contributed by atoms with Gasteiger partial charge in [0.15, 0.2) is 0 Å². The smallest absolute Gasteiger partial charge is 0.407 e. The molecule has 1 aliphatic heterocycles. The van der Waals surface area contributed by atoms with E-state index in [1.165, 1.54) is 0 Å². The van der Waals surface area contributed by atoms with Gasteiger partial charge in [-0.1, -0.05) is 0 Å². The Balaban J connectivity index is 2.05. The molecule has 1 aliphatic rings. The van der Waals surface area contributed by atoms with E-state index in [2.05, 4.69) is 10.2 Å². The standard InChI is InChI=1S/C15H28N2O5/c1-15(2,3)22-14(20)16-7-4-8-17-9-5-12(6-10-17)21-11-13(18)19/h12H,4-11H2,1-3H3,(H,16,20)(H,18,19). The second-order valence-electron chi connectivity index (χ2n) is 6.53. The molecule has 0 unspecified atom stereocenters. The first-order chi connectivity index (χ1) is 10.3. The van der Waals surface area contributed by atoms with Gasteiger partial charge >= 0.3 is 12.1 Å². The minimum Gasteiger partial charge on any atom is -0.480 e. The summed E-state index contributed by atoms with van der Waals surface area (Å²) in [5, 5.41) is 11.3. The van der Waals surface area contributed by atoms with Gasteiger partial charge in [-0.05, 0) is 46.6 Å². The van der Waals surface area contributed by atoms with E-state index in [-0.39, 0.29) is 18.8 Å². The Labute approximate surface area is 131 Å². The van der Waals surface area contributed by atoms with Crippen LogP contribution in [0.3, 0.4) is 0 Å². The van der Waals surface area contributed by atoms with Crippen molar-refractivity contribution in [3.8, 4) is 0 Å². The van der Waals surface area contributed by atoms with Crippen molar-refractivity contribution >= 4 is 12.1 Å². The predicted octanol–water partition coefficient (Wildman–Crippen LogP) is 1.47. The first-order valence-electron chi connectivity index (χ1n) is 7.79. The van der Waals surface area contributed by atoms with Crippen LogP contribution in [0.25, 0.3) is 0 Å². The van der Waals surface area contributed by atoms with E-state index >= 15 is 0 Å². The summed E-state index contributed by atoms with van der Waals surface area (Å²) in [6.45, 7) is 8.58. The lowest BCUT2D eigenvalue weighted by atomic mass is 10.1. The van der Waals surface area contributed by atoms with Gasteiger partial charge in [0.2, 0.25) is 0 Å². The van der Waals surface area contributed by atoms with E-state index in [0.717, 1.165) is 38.9 Å². The molecule has 0 atom stereocenters. The molecule has 1 rings (SSSR count). The maximum absolute atomic E-state index is 11.5. The first-order valence-corrected chi connectivity index (χ1v) is 7.79. The number of hydrogen-bond donors (Lipinski definition) is 2. The number of piperidine rings is 1. The van der Waals surface area contributed by atoms with Gasteiger partial charge in [-0.3, -0.25) is 0 Å². The number of alkyl carbamates (subject to hydrolysis) is 1. The van der Waals surface area contributed by atoms with E-state index in [9.17, 15) is 9.59 Å². The number of carbonyl (C=O) groups is 2. The van der Waals surface area contributed by atoms with E-state index in [4.69, 9.17) is 14.6 Å². The van der Waals surface area contributed by atoms with Crippen LogP contribution in [-0.2, 0) is 14.3 Å². The number of rotatable bonds is 7. The zero-order valence-electron chi connectivity index (χ0n) is 13.8. The fourth-order valence-corrected chi connectivity index (χ4v) is 2.30. The Kier molecular flexibility index (Phi) is 7.61. The molecule has 0 spiro atoms. The second-order valence-corrected chi connectivity index (χ2v) is 6.53. The topological polar surface area (TPSA) is 88.1 Å². The normalized spacial score (nSPS) is 17.2. The van der Waals surface area contributed by atoms with Crippen molar-refractivity contribution in [3.05, 3.63) is 0 Å². The fraction of sp³-hybridized carbons (Fsp3) is 0.867. The van der Waals surface area contributed by atoms with Crippen molar-refractivity contribution in [1.82, 2.24) is 10.2 Å². The molecule has 1 saturated heterocycles. The highest BCUT2D eigenvalue weighted by atomic mass is 16.6. The molecule has 0 aromatic rings. The largest absolute Gasteiger partial charge is 0.480 e. The van der Waals surface area contributed by atoms with Gasteiger partial charge in [0, 0.05) is 19.6 Å². The van der Waals surface area contributed by atoms with Crippen molar-refractivity contribution in [2.45, 2.75) is 51.7 Å². The number of amides is 1. The third-order valence-electron chi connectivity index (χ3n) is 3.30. The molecular weight excluding hydrogens is 288 g/mol. The summed E-state index contributed by atoms with van der Waals surface area (Å²) in [5.41, 5.74) is -0.470. The zero-order valence-corrected chi connectivity index (χ0v) is 13.8. The van der Waals surface area contributed by atoms with Crippen molar-refractivity contribution in [3.63, 3.8) is 0 Å². The lowest BCUT2D eigenvalue weighted by molar-refractivity contribution is -0.145. The molecule has 0 aromatic carbocycles. The monoisotopic (exact) mass is 316 g/mol. The Morgan fingerprint density at radius 2 is 1.91 bits per heavy atom. The van der Waals surface area contributed by atoms with E-state index in [0.29, 0.717) is 6.54 Å². The van der Waals surface area contributed by atoms with Gasteiger partial charge in [-0.2, -0.15) is 0 Å². The van der Waals surface area contributed by atoms with Crippen LogP contribution >= 0.6 is 0 Å². The van der Waals surface area contributed by atoms with Gasteiger partial charge in [0.25, 0.3) is 0 Å². The Hall–Kier alpha value is -1.34. The molecule has 7 heteroatoms. The molecule has 1 heterocycles. The van der Waals surface area contributed by atoms with Crippen molar-refractivity contribution < 1.29 is 24.2 Å². The Bertz CT molecular complexity index is 359. The quantitative estimate of drug-likeness (QED) is 0.692. The van der Waals surface area contributed by atoms with Crippen LogP contribution in [0.15, 0.2) is 0 Å². The van der Waals surface area contributed by atoms with Gasteiger partial charge in [-0.25, -0.2) is 9.59 Å². The third-order valence-corrected chi connectivity index (χ3v) is 3.30. The second kappa shape index (κ2) is 8.95. The molecule has 0 aliphatic carbocycles. The first kappa shape index (κ1) is 18.7. The van der Waals surface area contributed by atoms with Crippen molar-refractivity contribution in [2.75, 3.05) is 32.8 Å². The lowest BCUT2D eigenvalue weighted by Crippen LogP contribution is -2.39. The molecule has 128 valence electrons. The molecule has 1 amide bonds. The molecule has 0 radical (unpaired) electrons. The average molecular weight is 316 g/mol. The van der Waals surface area contributed by atoms with Crippen LogP contribution in [0, 0.1) is 0 Å². The Morgan fingerprint density at radius 3 is 2.45 bits per heavy atom. The van der Waals surface area contributed by atoms with E-state index in [1.54, 1.807) is 0 Å². The fourth-order valence-electron chi connectivity index (χ4n) is 2.30. The molecule has 0 aromatic heterocycles. The zero-order chi connectivity index (χ0) is 16.6. The average Bonchev–Trinajstić information content (AvgIpc) is 2.40. The van der Waals surface area contributed by atoms with Crippen LogP contribution in [0.4, 0.5) is 4.79 Å². The minimum absolute atomic E-state index is 0.0484. The number of carbonyl (C=O) groups excluding carboxylic acids is 1. The molecule has 1 fully saturated rings. The van der Waals surface area contributed by atoms with Crippen molar-refractivity contribution in [2.24, 2.45) is 0 Å². The maximum atomic E-state index is 11.5. The number of hydrogen-bond acceptors (Lipinski definition) is 5. The summed E-state index contributed by atoms with van der Waals surface area (Å²) in [6, 6.07) is 0. The van der Waals surface area contributed by atoms with Crippen LogP contribution in [0.1, 0.15) is 40.0 Å². The van der Waals surface area contributed by atoms with Gasteiger partial charge in [0.05, 0.1) is 6.10 Å². The molecule has 7 nitrogen and oxygen atoms in total. The summed E-state index contributed by atoms with van der Waals surface area (Å²) in [7, 11) is 0. The number of ether oxygens (including phenoxy) is 2. The van der Waals surface area contributed by atoms with E-state index < -0.39 is 11.6 Å². The molecule has 22 heavy (non-hydrogen) atoms. The summed E-state index contributed by atoms with van der Waals surface area (Å²) in [4.78, 5) is 24.2. The highest BCUT2D eigenvalue weighted by Gasteiger charge is 2.20. The number of carboxylic acid groups (broad SMARTS) is 1. The lowest BCUT2D eigenvalue weighted by Gasteiger charge is -2.31. The molecule has 2 N–H and O–H groups in total. The number of nitrogens with zero attached hydrogens (tertiary/aromatic N) is 1. The number of aliphatic carboxylic acids is 1. The number of likely N-dealkylation sites (tertiary alicyclic amines) is 1. The van der Waals surface area contributed by atoms with Gasteiger partial charge in [0.1, 0.15) is 12.2 Å². The highest BCUT2D eigenvalue weighted by Crippen LogP contribution is 2.13. The van der Waals surface area contributed by atoms with Crippen LogP contribution in [0.5, 0.6) is 0 Å². The molecular formula is C15H28N2O5. The summed E-state index contributed by atoms with van der Waals surface area (Å²) in [6.07, 6.45) is 2.24. The molecule has 0 saturated carbocycles. The summed E-state index contributed by atoms with van der Waals surface area (Å²) >= 11 is 0. The minimum atomic E-state index is -0.921. The predicted molar refractivity (Wildman–Crippen MR) is 81.9 cm³/mol. The molecule has 0 bridgehead atoms. The van der Waals surface area contributed by atoms with Gasteiger partial charge < -0.3 is 24.8 Å². The summed E-state index contributed by atoms with van der Waals surface area (Å²) < 4.78 is 10.5. The van der Waals surface area contributed by atoms with Crippen LogP contribution < -0.4 is 5.32 Å². The van der Waals surface area contributed by atoms with Gasteiger partial charge in [-0.15, -0.1) is 0 Å². The van der Waals surface area contributed by atoms with Crippen LogP contribution in [0.2, 0.25) is 0 Å². The number of nitrogens with one attached hydrogen (secondary N) is 1. The van der Waals surface area contributed by atoms with Crippen molar-refractivity contribution in [1.29, 1.82) is 0 Å².